The summed E-state index contributed by atoms with van der Waals surface area (Å²) in [6, 6.07) is 0. The second-order valence-electron chi connectivity index (χ2n) is 7.13. The van der Waals surface area contributed by atoms with Gasteiger partial charge in [0.05, 0.1) is 6.61 Å². The molecular weight excluding hydrogens is 307 g/mol. The maximum Gasteiger partial charge on any atom is 0.225 e. The van der Waals surface area contributed by atoms with Crippen molar-refractivity contribution in [1.29, 1.82) is 0 Å². The van der Waals surface area contributed by atoms with E-state index < -0.39 is 0 Å². The largest absolute Gasteiger partial charge is 0.342 e. The van der Waals surface area contributed by atoms with Crippen molar-refractivity contribution in [2.75, 3.05) is 40.0 Å². The molecule has 0 aromatic heterocycles. The standard InChI is InChI=1S/C18H37N2O2P/c1-6-7-17(23-5)10-13-22-19(4)14-16-8-11-20(12-9-16)18(21)15(2)3/h15-17,23H,6-14H2,1-5H3. The number of amides is 1. The maximum atomic E-state index is 12.0. The molecule has 0 radical (unpaired) electrons. The molecule has 1 aliphatic rings. The average molecular weight is 344 g/mol. The van der Waals surface area contributed by atoms with Crippen LogP contribution in [0.4, 0.5) is 0 Å². The first-order valence-corrected chi connectivity index (χ1v) is 10.9. The number of likely N-dealkylation sites (tertiary alicyclic amines) is 1. The molecule has 0 saturated carbocycles. The number of hydrogen-bond donors (Lipinski definition) is 0. The third kappa shape index (κ3) is 7.96. The van der Waals surface area contributed by atoms with Gasteiger partial charge in [0.25, 0.3) is 0 Å². The summed E-state index contributed by atoms with van der Waals surface area (Å²) in [6.07, 6.45) is 5.97. The number of carbonyl (C=O) groups is 1. The topological polar surface area (TPSA) is 32.8 Å². The van der Waals surface area contributed by atoms with Crippen LogP contribution in [0.3, 0.4) is 0 Å². The summed E-state index contributed by atoms with van der Waals surface area (Å²) in [5.41, 5.74) is 0.832. The van der Waals surface area contributed by atoms with Gasteiger partial charge in [0.2, 0.25) is 5.91 Å². The molecule has 1 amide bonds. The summed E-state index contributed by atoms with van der Waals surface area (Å²) in [6.45, 7) is 12.2. The molecule has 2 unspecified atom stereocenters. The fourth-order valence-corrected chi connectivity index (χ4v) is 4.23. The second-order valence-corrected chi connectivity index (χ2v) is 8.52. The van der Waals surface area contributed by atoms with E-state index in [4.69, 9.17) is 4.84 Å². The molecule has 1 heterocycles. The Morgan fingerprint density at radius 3 is 2.48 bits per heavy atom. The first kappa shape index (κ1) is 20.9. The lowest BCUT2D eigenvalue weighted by Gasteiger charge is -2.34. The fourth-order valence-electron chi connectivity index (χ4n) is 3.25. The molecule has 1 fully saturated rings. The minimum Gasteiger partial charge on any atom is -0.342 e. The zero-order chi connectivity index (χ0) is 17.2. The van der Waals surface area contributed by atoms with Crippen molar-refractivity contribution in [2.24, 2.45) is 11.8 Å². The molecule has 1 rings (SSSR count). The van der Waals surface area contributed by atoms with Crippen LogP contribution in [0.5, 0.6) is 0 Å². The first-order valence-electron chi connectivity index (χ1n) is 9.28. The van der Waals surface area contributed by atoms with Crippen LogP contribution in [0.1, 0.15) is 52.9 Å². The third-order valence-corrected chi connectivity index (χ3v) is 6.15. The third-order valence-electron chi connectivity index (χ3n) is 4.76. The minimum atomic E-state index is 0.118. The molecule has 136 valence electrons. The summed E-state index contributed by atoms with van der Waals surface area (Å²) in [5.74, 6) is 1.07. The van der Waals surface area contributed by atoms with E-state index in [0.717, 1.165) is 53.3 Å². The van der Waals surface area contributed by atoms with E-state index in [-0.39, 0.29) is 5.92 Å². The van der Waals surface area contributed by atoms with Gasteiger partial charge in [-0.05, 0) is 43.9 Å². The van der Waals surface area contributed by atoms with Gasteiger partial charge in [-0.3, -0.25) is 9.63 Å². The van der Waals surface area contributed by atoms with Crippen LogP contribution in [0.15, 0.2) is 0 Å². The van der Waals surface area contributed by atoms with Crippen molar-refractivity contribution in [3.8, 4) is 0 Å². The van der Waals surface area contributed by atoms with Crippen LogP contribution >= 0.6 is 8.58 Å². The van der Waals surface area contributed by atoms with Crippen molar-refractivity contribution in [3.63, 3.8) is 0 Å². The van der Waals surface area contributed by atoms with E-state index in [1.807, 2.05) is 23.8 Å². The summed E-state index contributed by atoms with van der Waals surface area (Å²) >= 11 is 0. The second kappa shape index (κ2) is 11.4. The molecule has 0 aromatic rings. The maximum absolute atomic E-state index is 12.0. The molecule has 5 heteroatoms. The van der Waals surface area contributed by atoms with E-state index in [0.29, 0.717) is 11.8 Å². The number of hydroxylamine groups is 2. The average Bonchev–Trinajstić information content (AvgIpc) is 2.54. The molecule has 0 aliphatic carbocycles. The van der Waals surface area contributed by atoms with Crippen LogP contribution in [-0.4, -0.2) is 61.5 Å². The van der Waals surface area contributed by atoms with Gasteiger partial charge in [0, 0.05) is 32.6 Å². The quantitative estimate of drug-likeness (QED) is 0.448. The van der Waals surface area contributed by atoms with E-state index in [2.05, 4.69) is 20.6 Å². The van der Waals surface area contributed by atoms with E-state index in [1.54, 1.807) is 0 Å². The van der Waals surface area contributed by atoms with Crippen molar-refractivity contribution >= 4 is 14.5 Å². The Morgan fingerprint density at radius 2 is 1.96 bits per heavy atom. The van der Waals surface area contributed by atoms with Crippen LogP contribution in [0, 0.1) is 11.8 Å². The molecule has 2 atom stereocenters. The highest BCUT2D eigenvalue weighted by Gasteiger charge is 2.25. The molecule has 0 spiro atoms. The molecule has 0 bridgehead atoms. The Hall–Kier alpha value is -0.180. The summed E-state index contributed by atoms with van der Waals surface area (Å²) in [4.78, 5) is 19.9. The monoisotopic (exact) mass is 344 g/mol. The lowest BCUT2D eigenvalue weighted by Crippen LogP contribution is -2.42. The van der Waals surface area contributed by atoms with Gasteiger partial charge in [0.15, 0.2) is 0 Å². The van der Waals surface area contributed by atoms with E-state index in [1.165, 1.54) is 19.3 Å². The van der Waals surface area contributed by atoms with Gasteiger partial charge in [0.1, 0.15) is 0 Å². The molecule has 1 aliphatic heterocycles. The Labute approximate surface area is 145 Å². The summed E-state index contributed by atoms with van der Waals surface area (Å²) in [7, 11) is 3.07. The fraction of sp³-hybridized carbons (Fsp3) is 0.944. The predicted octanol–water partition coefficient (Wildman–Crippen LogP) is 3.61. The van der Waals surface area contributed by atoms with Gasteiger partial charge in [-0.2, -0.15) is 5.06 Å². The first-order chi connectivity index (χ1) is 11.0. The lowest BCUT2D eigenvalue weighted by molar-refractivity contribution is -0.152. The van der Waals surface area contributed by atoms with E-state index >= 15 is 0 Å². The zero-order valence-corrected chi connectivity index (χ0v) is 16.8. The molecular formula is C18H37N2O2P. The van der Waals surface area contributed by atoms with Gasteiger partial charge < -0.3 is 4.90 Å². The Kier molecular flexibility index (Phi) is 10.3. The molecule has 0 aromatic carbocycles. The molecule has 4 nitrogen and oxygen atoms in total. The van der Waals surface area contributed by atoms with E-state index in [9.17, 15) is 4.79 Å². The molecule has 0 N–H and O–H groups in total. The van der Waals surface area contributed by atoms with Crippen LogP contribution in [0.2, 0.25) is 0 Å². The highest BCUT2D eigenvalue weighted by atomic mass is 31.1. The van der Waals surface area contributed by atoms with Crippen LogP contribution < -0.4 is 0 Å². The predicted molar refractivity (Wildman–Crippen MR) is 100 cm³/mol. The Bertz CT molecular complexity index is 331. The van der Waals surface area contributed by atoms with Gasteiger partial charge in [-0.25, -0.2) is 0 Å². The Morgan fingerprint density at radius 1 is 1.30 bits per heavy atom. The SMILES string of the molecule is CCCC(CCON(C)CC1CCN(C(=O)C(C)C)CC1)PC. The zero-order valence-electron chi connectivity index (χ0n) is 15.8. The normalized spacial score (nSPS) is 18.5. The van der Waals surface area contributed by atoms with Crippen molar-refractivity contribution in [1.82, 2.24) is 9.96 Å². The number of hydrogen-bond acceptors (Lipinski definition) is 3. The highest BCUT2D eigenvalue weighted by Crippen LogP contribution is 2.23. The lowest BCUT2D eigenvalue weighted by atomic mass is 9.96. The number of rotatable bonds is 10. The van der Waals surface area contributed by atoms with Gasteiger partial charge in [-0.15, -0.1) is 8.58 Å². The Balaban J connectivity index is 2.18. The highest BCUT2D eigenvalue weighted by molar-refractivity contribution is 7.37. The molecule has 23 heavy (non-hydrogen) atoms. The summed E-state index contributed by atoms with van der Waals surface area (Å²) < 4.78 is 0. The molecule has 1 saturated heterocycles. The smallest absolute Gasteiger partial charge is 0.225 e. The number of nitrogens with zero attached hydrogens (tertiary/aromatic N) is 2. The van der Waals surface area contributed by atoms with Crippen LogP contribution in [-0.2, 0) is 9.63 Å². The van der Waals surface area contributed by atoms with Gasteiger partial charge in [-0.1, -0.05) is 27.2 Å². The minimum absolute atomic E-state index is 0.118. The summed E-state index contributed by atoms with van der Waals surface area (Å²) in [5, 5.41) is 2.02. The number of piperidine rings is 1. The van der Waals surface area contributed by atoms with Crippen molar-refractivity contribution < 1.29 is 9.63 Å². The van der Waals surface area contributed by atoms with Crippen LogP contribution in [0.25, 0.3) is 0 Å². The number of carbonyl (C=O) groups excluding carboxylic acids is 1. The van der Waals surface area contributed by atoms with Gasteiger partial charge >= 0.3 is 0 Å². The van der Waals surface area contributed by atoms with Crippen molar-refractivity contribution in [2.45, 2.75) is 58.5 Å². The van der Waals surface area contributed by atoms with Crippen molar-refractivity contribution in [3.05, 3.63) is 0 Å².